The molecular formula is C18H42NO5P. The standard InChI is InChI=1S/C10H23NO.C8H19O4P/c1-3-5-7-10(12,9-11)8-6-4-2;1-2-3-4-5-6-7-8-12-13(9,10)11/h12H,3-9,11H2,1-2H3;2-8H2,1H3,(H2,9,10,11). The maximum atomic E-state index is 10.2. The number of unbranched alkanes of at least 4 members (excludes halogenated alkanes) is 7. The smallest absolute Gasteiger partial charge is 0.389 e. The molecule has 0 radical (unpaired) electrons. The highest BCUT2D eigenvalue weighted by molar-refractivity contribution is 7.46. The fourth-order valence-electron chi connectivity index (χ4n) is 2.41. The van der Waals surface area contributed by atoms with Gasteiger partial charge in [-0.25, -0.2) is 4.57 Å². The second-order valence-electron chi connectivity index (χ2n) is 6.73. The molecule has 0 aromatic heterocycles. The molecule has 0 amide bonds. The molecule has 0 saturated carbocycles. The first-order valence-electron chi connectivity index (χ1n) is 9.87. The van der Waals surface area contributed by atoms with E-state index in [1.807, 2.05) is 0 Å². The molecule has 0 aliphatic heterocycles. The van der Waals surface area contributed by atoms with Crippen LogP contribution in [0.25, 0.3) is 0 Å². The van der Waals surface area contributed by atoms with Crippen LogP contribution in [-0.4, -0.2) is 33.6 Å². The Balaban J connectivity index is 0. The first-order valence-corrected chi connectivity index (χ1v) is 11.4. The fraction of sp³-hybridized carbons (Fsp3) is 1.00. The summed E-state index contributed by atoms with van der Waals surface area (Å²) in [5.74, 6) is 0. The van der Waals surface area contributed by atoms with Crippen LogP contribution in [0.2, 0.25) is 0 Å². The third-order valence-electron chi connectivity index (χ3n) is 4.13. The Morgan fingerprint density at radius 2 is 1.28 bits per heavy atom. The van der Waals surface area contributed by atoms with E-state index >= 15 is 0 Å². The Bertz CT molecular complexity index is 315. The number of aliphatic hydroxyl groups is 1. The van der Waals surface area contributed by atoms with Crippen molar-refractivity contribution in [2.75, 3.05) is 13.2 Å². The zero-order valence-electron chi connectivity index (χ0n) is 16.6. The van der Waals surface area contributed by atoms with E-state index in [-0.39, 0.29) is 6.61 Å². The summed E-state index contributed by atoms with van der Waals surface area (Å²) in [5, 5.41) is 9.96. The van der Waals surface area contributed by atoms with Gasteiger partial charge in [0.2, 0.25) is 0 Å². The summed E-state index contributed by atoms with van der Waals surface area (Å²) in [4.78, 5) is 16.7. The van der Waals surface area contributed by atoms with Crippen LogP contribution in [0.3, 0.4) is 0 Å². The van der Waals surface area contributed by atoms with E-state index in [0.29, 0.717) is 6.54 Å². The van der Waals surface area contributed by atoms with Crippen LogP contribution in [0, 0.1) is 0 Å². The SMILES string of the molecule is CCCCC(O)(CN)CCCC.CCCCCCCCOP(=O)(O)O. The number of phosphoric acid groups is 1. The molecule has 0 aromatic rings. The Labute approximate surface area is 154 Å². The van der Waals surface area contributed by atoms with Crippen LogP contribution < -0.4 is 5.73 Å². The van der Waals surface area contributed by atoms with Gasteiger partial charge in [0.15, 0.2) is 0 Å². The molecule has 0 aliphatic carbocycles. The molecule has 0 aromatic carbocycles. The Morgan fingerprint density at radius 3 is 1.68 bits per heavy atom. The van der Waals surface area contributed by atoms with E-state index in [4.69, 9.17) is 15.5 Å². The highest BCUT2D eigenvalue weighted by Crippen LogP contribution is 2.35. The van der Waals surface area contributed by atoms with Crippen molar-refractivity contribution in [2.24, 2.45) is 5.73 Å². The molecule has 6 nitrogen and oxygen atoms in total. The van der Waals surface area contributed by atoms with Crippen molar-refractivity contribution in [3.05, 3.63) is 0 Å². The molecule has 25 heavy (non-hydrogen) atoms. The van der Waals surface area contributed by atoms with Crippen LogP contribution >= 0.6 is 7.82 Å². The van der Waals surface area contributed by atoms with Gasteiger partial charge in [-0.2, -0.15) is 0 Å². The number of hydrogen-bond acceptors (Lipinski definition) is 4. The summed E-state index contributed by atoms with van der Waals surface area (Å²) in [6.07, 6.45) is 12.6. The van der Waals surface area contributed by atoms with Crippen molar-refractivity contribution in [3.8, 4) is 0 Å². The predicted octanol–water partition coefficient (Wildman–Crippen LogP) is 4.51. The first kappa shape index (κ1) is 27.3. The van der Waals surface area contributed by atoms with E-state index in [1.165, 1.54) is 19.3 Å². The lowest BCUT2D eigenvalue weighted by molar-refractivity contribution is 0.0273. The average molecular weight is 384 g/mol. The van der Waals surface area contributed by atoms with Crippen molar-refractivity contribution < 1.29 is 24.0 Å². The lowest BCUT2D eigenvalue weighted by atomic mass is 9.91. The van der Waals surface area contributed by atoms with Gasteiger partial charge in [-0.3, -0.25) is 4.52 Å². The van der Waals surface area contributed by atoms with Gasteiger partial charge in [0.25, 0.3) is 0 Å². The third-order valence-corrected chi connectivity index (χ3v) is 4.65. The van der Waals surface area contributed by atoms with Gasteiger partial charge in [0, 0.05) is 6.54 Å². The van der Waals surface area contributed by atoms with Gasteiger partial charge in [0.05, 0.1) is 12.2 Å². The molecule has 0 atom stereocenters. The molecule has 7 heteroatoms. The molecule has 0 unspecified atom stereocenters. The second kappa shape index (κ2) is 17.4. The average Bonchev–Trinajstić information content (AvgIpc) is 2.57. The molecule has 0 saturated heterocycles. The van der Waals surface area contributed by atoms with Gasteiger partial charge in [-0.05, 0) is 19.3 Å². The summed E-state index contributed by atoms with van der Waals surface area (Å²) in [7, 11) is -4.23. The quantitative estimate of drug-likeness (QED) is 0.244. The van der Waals surface area contributed by atoms with Gasteiger partial charge < -0.3 is 20.6 Å². The van der Waals surface area contributed by atoms with E-state index in [1.54, 1.807) is 0 Å². The number of rotatable bonds is 15. The third kappa shape index (κ3) is 22.0. The van der Waals surface area contributed by atoms with Crippen molar-refractivity contribution in [1.82, 2.24) is 0 Å². The molecule has 0 fully saturated rings. The molecular weight excluding hydrogens is 341 g/mol. The van der Waals surface area contributed by atoms with E-state index < -0.39 is 13.4 Å². The highest BCUT2D eigenvalue weighted by Gasteiger charge is 2.22. The van der Waals surface area contributed by atoms with Crippen LogP contribution in [-0.2, 0) is 9.09 Å². The van der Waals surface area contributed by atoms with Crippen molar-refractivity contribution in [2.45, 2.75) is 103 Å². The van der Waals surface area contributed by atoms with Crippen molar-refractivity contribution in [1.29, 1.82) is 0 Å². The summed E-state index contributed by atoms with van der Waals surface area (Å²) < 4.78 is 14.5. The summed E-state index contributed by atoms with van der Waals surface area (Å²) in [5.41, 5.74) is 4.96. The highest BCUT2D eigenvalue weighted by atomic mass is 31.2. The molecule has 5 N–H and O–H groups in total. The van der Waals surface area contributed by atoms with E-state index in [2.05, 4.69) is 25.3 Å². The Kier molecular flexibility index (Phi) is 19.0. The van der Waals surface area contributed by atoms with Crippen LogP contribution in [0.5, 0.6) is 0 Å². The minimum atomic E-state index is -4.23. The first-order chi connectivity index (χ1) is 11.7. The number of nitrogens with two attached hydrogens (primary N) is 1. The summed E-state index contributed by atoms with van der Waals surface area (Å²) in [6.45, 7) is 6.99. The number of hydrogen-bond donors (Lipinski definition) is 4. The molecule has 0 aliphatic rings. The van der Waals surface area contributed by atoms with Gasteiger partial charge in [-0.15, -0.1) is 0 Å². The maximum Gasteiger partial charge on any atom is 0.469 e. The van der Waals surface area contributed by atoms with Gasteiger partial charge >= 0.3 is 7.82 Å². The van der Waals surface area contributed by atoms with E-state index in [9.17, 15) is 9.67 Å². The Hall–Kier alpha value is 0.0300. The zero-order chi connectivity index (χ0) is 19.6. The minimum absolute atomic E-state index is 0.163. The van der Waals surface area contributed by atoms with Crippen LogP contribution in [0.15, 0.2) is 0 Å². The fourth-order valence-corrected chi connectivity index (χ4v) is 2.77. The monoisotopic (exact) mass is 383 g/mol. The van der Waals surface area contributed by atoms with Crippen molar-refractivity contribution >= 4 is 7.82 Å². The molecule has 0 rings (SSSR count). The predicted molar refractivity (Wildman–Crippen MR) is 104 cm³/mol. The summed E-state index contributed by atoms with van der Waals surface area (Å²) >= 11 is 0. The lowest BCUT2D eigenvalue weighted by Gasteiger charge is -2.26. The molecule has 0 heterocycles. The minimum Gasteiger partial charge on any atom is -0.389 e. The molecule has 0 spiro atoms. The normalized spacial score (nSPS) is 12.0. The van der Waals surface area contributed by atoms with Crippen LogP contribution in [0.4, 0.5) is 0 Å². The lowest BCUT2D eigenvalue weighted by Crippen LogP contribution is -2.37. The zero-order valence-corrected chi connectivity index (χ0v) is 17.5. The van der Waals surface area contributed by atoms with Crippen LogP contribution in [0.1, 0.15) is 97.8 Å². The van der Waals surface area contributed by atoms with E-state index in [0.717, 1.165) is 57.8 Å². The molecule has 154 valence electrons. The maximum absolute atomic E-state index is 10.2. The summed E-state index contributed by atoms with van der Waals surface area (Å²) in [6, 6.07) is 0. The Morgan fingerprint density at radius 1 is 0.840 bits per heavy atom. The molecule has 0 bridgehead atoms. The largest absolute Gasteiger partial charge is 0.469 e. The number of phosphoric ester groups is 1. The topological polar surface area (TPSA) is 113 Å². The van der Waals surface area contributed by atoms with Crippen molar-refractivity contribution in [3.63, 3.8) is 0 Å². The van der Waals surface area contributed by atoms with Gasteiger partial charge in [-0.1, -0.05) is 78.6 Å². The second-order valence-corrected chi connectivity index (χ2v) is 7.97. The van der Waals surface area contributed by atoms with Gasteiger partial charge in [0.1, 0.15) is 0 Å².